The molecule has 0 aliphatic heterocycles. The second-order valence-corrected chi connectivity index (χ2v) is 5.93. The van der Waals surface area contributed by atoms with Gasteiger partial charge >= 0.3 is 0 Å². The molecule has 1 N–H and O–H groups in total. The first-order valence-corrected chi connectivity index (χ1v) is 6.86. The maximum atomic E-state index is 6.18. The summed E-state index contributed by atoms with van der Waals surface area (Å²) < 4.78 is 0. The second-order valence-electron chi connectivity index (χ2n) is 5.08. The molecule has 1 nitrogen and oxygen atoms in total. The fourth-order valence-electron chi connectivity index (χ4n) is 2.14. The van der Waals surface area contributed by atoms with Gasteiger partial charge in [-0.15, -0.1) is 0 Å². The first-order chi connectivity index (χ1) is 7.90. The van der Waals surface area contributed by atoms with Crippen molar-refractivity contribution in [2.24, 2.45) is 5.92 Å². The van der Waals surface area contributed by atoms with Gasteiger partial charge in [0.1, 0.15) is 0 Å². The monoisotopic (exact) mass is 273 g/mol. The molecule has 0 aromatic heterocycles. The Morgan fingerprint density at radius 3 is 2.35 bits per heavy atom. The molecule has 0 aliphatic carbocycles. The van der Waals surface area contributed by atoms with E-state index in [0.717, 1.165) is 22.0 Å². The Kier molecular flexibility index (Phi) is 5.78. The van der Waals surface area contributed by atoms with Crippen molar-refractivity contribution in [2.45, 2.75) is 46.2 Å². The molecule has 0 amide bonds. The van der Waals surface area contributed by atoms with Gasteiger partial charge in [0.05, 0.1) is 0 Å². The van der Waals surface area contributed by atoms with E-state index in [-0.39, 0.29) is 6.04 Å². The fourth-order valence-corrected chi connectivity index (χ4v) is 2.60. The van der Waals surface area contributed by atoms with E-state index < -0.39 is 0 Å². The third-order valence-electron chi connectivity index (χ3n) is 2.78. The summed E-state index contributed by atoms with van der Waals surface area (Å²) in [5.41, 5.74) is 1.06. The maximum Gasteiger partial charge on any atom is 0.0454 e. The molecule has 17 heavy (non-hydrogen) atoms. The molecule has 1 aromatic rings. The molecule has 0 heterocycles. The molecule has 2 atom stereocenters. The molecular weight excluding hydrogens is 253 g/mol. The van der Waals surface area contributed by atoms with Crippen LogP contribution in [0.1, 0.15) is 45.7 Å². The van der Waals surface area contributed by atoms with Crippen molar-refractivity contribution in [2.75, 3.05) is 0 Å². The Labute approximate surface area is 115 Å². The van der Waals surface area contributed by atoms with E-state index in [2.05, 4.69) is 33.0 Å². The number of hydrogen-bond donors (Lipinski definition) is 1. The van der Waals surface area contributed by atoms with Crippen LogP contribution in [0.25, 0.3) is 0 Å². The van der Waals surface area contributed by atoms with Gasteiger partial charge in [-0.3, -0.25) is 0 Å². The van der Waals surface area contributed by atoms with Crippen LogP contribution < -0.4 is 5.32 Å². The van der Waals surface area contributed by atoms with Crippen LogP contribution in [0.5, 0.6) is 0 Å². The second kappa shape index (κ2) is 6.63. The molecule has 1 aromatic carbocycles. The highest BCUT2D eigenvalue weighted by molar-refractivity contribution is 6.33. The lowest BCUT2D eigenvalue weighted by molar-refractivity contribution is 0.407. The summed E-state index contributed by atoms with van der Waals surface area (Å²) in [6.07, 6.45) is 1.16. The molecule has 0 aliphatic rings. The van der Waals surface area contributed by atoms with E-state index in [1.165, 1.54) is 0 Å². The molecular formula is C14H21Cl2N. The summed E-state index contributed by atoms with van der Waals surface area (Å²) in [5.74, 6) is 0.694. The Balaban J connectivity index is 2.69. The van der Waals surface area contributed by atoms with Crippen molar-refractivity contribution < 1.29 is 0 Å². The zero-order valence-corrected chi connectivity index (χ0v) is 12.4. The van der Waals surface area contributed by atoms with E-state index >= 15 is 0 Å². The molecule has 1 rings (SSSR count). The van der Waals surface area contributed by atoms with E-state index in [9.17, 15) is 0 Å². The van der Waals surface area contributed by atoms with Crippen molar-refractivity contribution in [3.05, 3.63) is 33.8 Å². The van der Waals surface area contributed by atoms with Gasteiger partial charge in [-0.1, -0.05) is 37.0 Å². The van der Waals surface area contributed by atoms with E-state index in [1.54, 1.807) is 0 Å². The van der Waals surface area contributed by atoms with Crippen LogP contribution in [0, 0.1) is 5.92 Å². The molecule has 0 fully saturated rings. The number of hydrogen-bond acceptors (Lipinski definition) is 1. The van der Waals surface area contributed by atoms with Gasteiger partial charge in [-0.25, -0.2) is 0 Å². The molecule has 2 unspecified atom stereocenters. The first kappa shape index (κ1) is 14.8. The van der Waals surface area contributed by atoms with Gasteiger partial charge in [-0.05, 0) is 49.9 Å². The smallest absolute Gasteiger partial charge is 0.0454 e. The van der Waals surface area contributed by atoms with Crippen LogP contribution in [-0.4, -0.2) is 6.04 Å². The van der Waals surface area contributed by atoms with Gasteiger partial charge < -0.3 is 5.32 Å². The van der Waals surface area contributed by atoms with Crippen LogP contribution in [0.15, 0.2) is 18.2 Å². The normalized spacial score (nSPS) is 15.0. The topological polar surface area (TPSA) is 12.0 Å². The van der Waals surface area contributed by atoms with Crippen LogP contribution in [0.2, 0.25) is 10.0 Å². The molecule has 0 saturated heterocycles. The van der Waals surface area contributed by atoms with E-state index in [4.69, 9.17) is 23.2 Å². The SMILES string of the molecule is CC(C)CC(C)NC(C)c1cc(Cl)ccc1Cl. The van der Waals surface area contributed by atoms with Crippen LogP contribution in [-0.2, 0) is 0 Å². The van der Waals surface area contributed by atoms with Gasteiger partial charge in [0.25, 0.3) is 0 Å². The Bertz CT molecular complexity index is 363. The van der Waals surface area contributed by atoms with Gasteiger partial charge in [0.2, 0.25) is 0 Å². The van der Waals surface area contributed by atoms with Crippen molar-refractivity contribution >= 4 is 23.2 Å². The van der Waals surface area contributed by atoms with Gasteiger partial charge in [0, 0.05) is 22.1 Å². The molecule has 0 spiro atoms. The van der Waals surface area contributed by atoms with Gasteiger partial charge in [-0.2, -0.15) is 0 Å². The summed E-state index contributed by atoms with van der Waals surface area (Å²) in [6.45, 7) is 8.79. The zero-order chi connectivity index (χ0) is 13.0. The summed E-state index contributed by atoms with van der Waals surface area (Å²) in [4.78, 5) is 0. The first-order valence-electron chi connectivity index (χ1n) is 6.11. The number of halogens is 2. The van der Waals surface area contributed by atoms with Crippen molar-refractivity contribution in [3.63, 3.8) is 0 Å². The van der Waals surface area contributed by atoms with E-state index in [0.29, 0.717) is 12.0 Å². The lowest BCUT2D eigenvalue weighted by atomic mass is 10.0. The van der Waals surface area contributed by atoms with Crippen molar-refractivity contribution in [1.82, 2.24) is 5.32 Å². The summed E-state index contributed by atoms with van der Waals surface area (Å²) >= 11 is 12.2. The predicted molar refractivity (Wildman–Crippen MR) is 76.9 cm³/mol. The van der Waals surface area contributed by atoms with Crippen LogP contribution in [0.4, 0.5) is 0 Å². The van der Waals surface area contributed by atoms with Crippen molar-refractivity contribution in [1.29, 1.82) is 0 Å². The lowest BCUT2D eigenvalue weighted by Gasteiger charge is -2.22. The number of nitrogens with one attached hydrogen (secondary N) is 1. The largest absolute Gasteiger partial charge is 0.308 e. The molecule has 0 saturated carbocycles. The quantitative estimate of drug-likeness (QED) is 0.789. The molecule has 0 bridgehead atoms. The van der Waals surface area contributed by atoms with Gasteiger partial charge in [0.15, 0.2) is 0 Å². The molecule has 0 radical (unpaired) electrons. The minimum Gasteiger partial charge on any atom is -0.308 e. The third kappa shape index (κ3) is 4.87. The molecule has 3 heteroatoms. The standard InChI is InChI=1S/C14H21Cl2N/c1-9(2)7-10(3)17-11(4)13-8-12(15)5-6-14(13)16/h5-6,8-11,17H,7H2,1-4H3. The maximum absolute atomic E-state index is 6.18. The summed E-state index contributed by atoms with van der Waals surface area (Å²) in [6, 6.07) is 6.29. The average molecular weight is 274 g/mol. The zero-order valence-electron chi connectivity index (χ0n) is 10.9. The van der Waals surface area contributed by atoms with Crippen LogP contribution >= 0.6 is 23.2 Å². The van der Waals surface area contributed by atoms with Crippen molar-refractivity contribution in [3.8, 4) is 0 Å². The highest BCUT2D eigenvalue weighted by Gasteiger charge is 2.13. The third-order valence-corrected chi connectivity index (χ3v) is 3.36. The minimum atomic E-state index is 0.218. The van der Waals surface area contributed by atoms with Crippen LogP contribution in [0.3, 0.4) is 0 Å². The fraction of sp³-hybridized carbons (Fsp3) is 0.571. The number of benzene rings is 1. The number of rotatable bonds is 5. The summed E-state index contributed by atoms with van der Waals surface area (Å²) in [5, 5.41) is 5.05. The minimum absolute atomic E-state index is 0.218. The Morgan fingerprint density at radius 1 is 1.12 bits per heavy atom. The average Bonchev–Trinajstić information content (AvgIpc) is 2.20. The summed E-state index contributed by atoms with van der Waals surface area (Å²) in [7, 11) is 0. The Morgan fingerprint density at radius 2 is 1.76 bits per heavy atom. The lowest BCUT2D eigenvalue weighted by Crippen LogP contribution is -2.30. The predicted octanol–water partition coefficient (Wildman–Crippen LogP) is 5.08. The highest BCUT2D eigenvalue weighted by atomic mass is 35.5. The molecule has 96 valence electrons. The highest BCUT2D eigenvalue weighted by Crippen LogP contribution is 2.26. The van der Waals surface area contributed by atoms with E-state index in [1.807, 2.05) is 18.2 Å². The Hall–Kier alpha value is -0.240.